The molecule has 0 amide bonds. The highest BCUT2D eigenvalue weighted by Crippen LogP contribution is 2.25. The summed E-state index contributed by atoms with van der Waals surface area (Å²) in [4.78, 5) is 4.28. The molecule has 2 aromatic rings. The van der Waals surface area contributed by atoms with Crippen LogP contribution in [0.4, 0.5) is 11.6 Å². The molecule has 1 aromatic heterocycles. The van der Waals surface area contributed by atoms with Crippen LogP contribution < -0.4 is 5.32 Å². The third-order valence-electron chi connectivity index (χ3n) is 2.67. The van der Waals surface area contributed by atoms with E-state index in [0.717, 1.165) is 11.6 Å². The van der Waals surface area contributed by atoms with E-state index >= 15 is 0 Å². The minimum Gasteiger partial charge on any atom is -0.383 e. The Hall–Kier alpha value is -1.23. The van der Waals surface area contributed by atoms with Crippen molar-refractivity contribution in [3.63, 3.8) is 0 Å². The van der Waals surface area contributed by atoms with Crippen molar-refractivity contribution >= 4 is 34.8 Å². The lowest BCUT2D eigenvalue weighted by molar-refractivity contribution is 0.163. The summed E-state index contributed by atoms with van der Waals surface area (Å²) in [6.07, 6.45) is 3.64. The number of imidazole rings is 1. The van der Waals surface area contributed by atoms with Crippen LogP contribution >= 0.6 is 23.2 Å². The second-order valence-corrected chi connectivity index (χ2v) is 5.12. The van der Waals surface area contributed by atoms with Crippen LogP contribution in [0.3, 0.4) is 0 Å². The summed E-state index contributed by atoms with van der Waals surface area (Å²) in [5.74, 6) is 0.725. The zero-order valence-electron chi connectivity index (χ0n) is 10.7. The third kappa shape index (κ3) is 3.62. The van der Waals surface area contributed by atoms with Gasteiger partial charge in [-0.15, -0.1) is 0 Å². The molecule has 0 bridgehead atoms. The van der Waals surface area contributed by atoms with Crippen LogP contribution in [0, 0.1) is 0 Å². The van der Waals surface area contributed by atoms with E-state index in [9.17, 15) is 0 Å². The predicted octanol–water partition coefficient (Wildman–Crippen LogP) is 4.14. The number of ether oxygens (including phenoxy) is 1. The standard InChI is InChI=1S/C13H15Cl2N3O/c1-9(8-19-2)18-4-3-16-13(18)17-12-6-10(14)5-11(15)7-12/h3-7,9H,8H2,1-2H3,(H,16,17). The van der Waals surface area contributed by atoms with Gasteiger partial charge in [0.25, 0.3) is 0 Å². The van der Waals surface area contributed by atoms with E-state index in [2.05, 4.69) is 17.2 Å². The number of aromatic nitrogens is 2. The highest BCUT2D eigenvalue weighted by Gasteiger charge is 2.10. The lowest BCUT2D eigenvalue weighted by Crippen LogP contribution is -2.12. The van der Waals surface area contributed by atoms with Crippen molar-refractivity contribution in [2.75, 3.05) is 19.0 Å². The second-order valence-electron chi connectivity index (χ2n) is 4.25. The first-order chi connectivity index (χ1) is 9.10. The zero-order valence-corrected chi connectivity index (χ0v) is 12.2. The highest BCUT2D eigenvalue weighted by atomic mass is 35.5. The molecule has 2 rings (SSSR count). The van der Waals surface area contributed by atoms with E-state index in [-0.39, 0.29) is 6.04 Å². The molecule has 0 aliphatic rings. The van der Waals surface area contributed by atoms with Crippen LogP contribution in [0.15, 0.2) is 30.6 Å². The number of rotatable bonds is 5. The molecule has 102 valence electrons. The number of anilines is 2. The maximum atomic E-state index is 5.97. The van der Waals surface area contributed by atoms with Crippen LogP contribution in [0.2, 0.25) is 10.0 Å². The molecule has 0 saturated heterocycles. The van der Waals surface area contributed by atoms with Crippen molar-refractivity contribution in [2.24, 2.45) is 0 Å². The molecule has 6 heteroatoms. The van der Waals surface area contributed by atoms with Gasteiger partial charge in [0.1, 0.15) is 0 Å². The number of nitrogens with zero attached hydrogens (tertiary/aromatic N) is 2. The van der Waals surface area contributed by atoms with E-state index < -0.39 is 0 Å². The van der Waals surface area contributed by atoms with Crippen LogP contribution in [0.5, 0.6) is 0 Å². The molecule has 0 spiro atoms. The van der Waals surface area contributed by atoms with Gasteiger partial charge >= 0.3 is 0 Å². The summed E-state index contributed by atoms with van der Waals surface area (Å²) < 4.78 is 7.15. The van der Waals surface area contributed by atoms with Crippen LogP contribution in [-0.2, 0) is 4.74 Å². The number of hydrogen-bond acceptors (Lipinski definition) is 3. The fourth-order valence-corrected chi connectivity index (χ4v) is 2.37. The van der Waals surface area contributed by atoms with Crippen LogP contribution in [-0.4, -0.2) is 23.3 Å². The summed E-state index contributed by atoms with van der Waals surface area (Å²) in [6, 6.07) is 5.47. The first kappa shape index (κ1) is 14.2. The van der Waals surface area contributed by atoms with E-state index in [1.54, 1.807) is 31.5 Å². The number of nitrogens with one attached hydrogen (secondary N) is 1. The smallest absolute Gasteiger partial charge is 0.207 e. The topological polar surface area (TPSA) is 39.1 Å². The Balaban J connectivity index is 2.21. The Bertz CT molecular complexity index is 536. The van der Waals surface area contributed by atoms with Crippen LogP contribution in [0.25, 0.3) is 0 Å². The highest BCUT2D eigenvalue weighted by molar-refractivity contribution is 6.35. The lowest BCUT2D eigenvalue weighted by atomic mass is 10.3. The fourth-order valence-electron chi connectivity index (χ4n) is 1.84. The summed E-state index contributed by atoms with van der Waals surface area (Å²) in [5.41, 5.74) is 0.801. The van der Waals surface area contributed by atoms with Gasteiger partial charge in [0.15, 0.2) is 0 Å². The predicted molar refractivity (Wildman–Crippen MR) is 78.6 cm³/mol. The molecule has 0 aliphatic carbocycles. The summed E-state index contributed by atoms with van der Waals surface area (Å²) in [5, 5.41) is 4.36. The van der Waals surface area contributed by atoms with Crippen molar-refractivity contribution in [1.29, 1.82) is 0 Å². The van der Waals surface area contributed by atoms with Crippen molar-refractivity contribution in [2.45, 2.75) is 13.0 Å². The maximum Gasteiger partial charge on any atom is 0.207 e. The minimum absolute atomic E-state index is 0.185. The first-order valence-corrected chi connectivity index (χ1v) is 6.60. The van der Waals surface area contributed by atoms with E-state index in [1.165, 1.54) is 0 Å². The maximum absolute atomic E-state index is 5.97. The average molecular weight is 300 g/mol. The molecular weight excluding hydrogens is 285 g/mol. The molecule has 1 unspecified atom stereocenters. The van der Waals surface area contributed by atoms with Crippen molar-refractivity contribution in [1.82, 2.24) is 9.55 Å². The monoisotopic (exact) mass is 299 g/mol. The van der Waals surface area contributed by atoms with Crippen molar-refractivity contribution in [3.8, 4) is 0 Å². The summed E-state index contributed by atoms with van der Waals surface area (Å²) in [7, 11) is 1.68. The molecule has 0 radical (unpaired) electrons. The van der Waals surface area contributed by atoms with Gasteiger partial charge in [-0.3, -0.25) is 0 Å². The number of benzene rings is 1. The number of halogens is 2. The average Bonchev–Trinajstić information content (AvgIpc) is 2.76. The van der Waals surface area contributed by atoms with Gasteiger partial charge in [0.2, 0.25) is 5.95 Å². The van der Waals surface area contributed by atoms with Gasteiger partial charge in [-0.25, -0.2) is 4.98 Å². The molecule has 4 nitrogen and oxygen atoms in total. The van der Waals surface area contributed by atoms with Crippen molar-refractivity contribution < 1.29 is 4.74 Å². The lowest BCUT2D eigenvalue weighted by Gasteiger charge is -2.16. The zero-order chi connectivity index (χ0) is 13.8. The molecule has 0 fully saturated rings. The molecule has 19 heavy (non-hydrogen) atoms. The SMILES string of the molecule is COCC(C)n1ccnc1Nc1cc(Cl)cc(Cl)c1. The molecular formula is C13H15Cl2N3O. The van der Waals surface area contributed by atoms with Gasteiger partial charge in [0, 0.05) is 35.2 Å². The van der Waals surface area contributed by atoms with Gasteiger partial charge in [-0.1, -0.05) is 23.2 Å². The third-order valence-corrected chi connectivity index (χ3v) is 3.11. The fraction of sp³-hybridized carbons (Fsp3) is 0.308. The second kappa shape index (κ2) is 6.28. The Labute approximate surface area is 122 Å². The Morgan fingerprint density at radius 2 is 2.00 bits per heavy atom. The molecule has 0 saturated carbocycles. The Morgan fingerprint density at radius 1 is 1.32 bits per heavy atom. The number of methoxy groups -OCH3 is 1. The van der Waals surface area contributed by atoms with E-state index in [4.69, 9.17) is 27.9 Å². The van der Waals surface area contributed by atoms with Gasteiger partial charge < -0.3 is 14.6 Å². The van der Waals surface area contributed by atoms with E-state index in [0.29, 0.717) is 16.7 Å². The van der Waals surface area contributed by atoms with Crippen molar-refractivity contribution in [3.05, 3.63) is 40.6 Å². The Kier molecular flexibility index (Phi) is 4.69. The van der Waals surface area contributed by atoms with Gasteiger partial charge in [-0.05, 0) is 25.1 Å². The van der Waals surface area contributed by atoms with Crippen LogP contribution in [0.1, 0.15) is 13.0 Å². The minimum atomic E-state index is 0.185. The first-order valence-electron chi connectivity index (χ1n) is 5.85. The van der Waals surface area contributed by atoms with Gasteiger partial charge in [0.05, 0.1) is 12.6 Å². The summed E-state index contributed by atoms with van der Waals surface area (Å²) in [6.45, 7) is 2.67. The quantitative estimate of drug-likeness (QED) is 0.902. The normalized spacial score (nSPS) is 12.4. The number of hydrogen-bond donors (Lipinski definition) is 1. The molecule has 1 aromatic carbocycles. The van der Waals surface area contributed by atoms with Gasteiger partial charge in [-0.2, -0.15) is 0 Å². The molecule has 1 heterocycles. The molecule has 1 N–H and O–H groups in total. The largest absolute Gasteiger partial charge is 0.383 e. The Morgan fingerprint density at radius 3 is 2.63 bits per heavy atom. The molecule has 1 atom stereocenters. The summed E-state index contributed by atoms with van der Waals surface area (Å²) >= 11 is 11.9. The van der Waals surface area contributed by atoms with E-state index in [1.807, 2.05) is 10.8 Å². The molecule has 0 aliphatic heterocycles.